The molecule has 114 valence electrons. The van der Waals surface area contributed by atoms with Gasteiger partial charge in [-0.15, -0.1) is 0 Å². The number of carboxylic acids is 2. The lowest BCUT2D eigenvalue weighted by Crippen LogP contribution is -2.47. The van der Waals surface area contributed by atoms with Crippen LogP contribution in [0.5, 0.6) is 0 Å². The largest absolute Gasteiger partial charge is 0.481 e. The highest BCUT2D eigenvalue weighted by molar-refractivity contribution is 7.99. The number of carbonyl (C=O) groups excluding carboxylic acids is 1. The molecule has 1 atom stereocenters. The van der Waals surface area contributed by atoms with Crippen molar-refractivity contribution in [3.8, 4) is 0 Å². The number of thioether (sulfide) groups is 1. The zero-order valence-corrected chi connectivity index (χ0v) is 11.9. The number of carboxylic acid groups (broad SMARTS) is 2. The number of hydrogen-bond acceptors (Lipinski definition) is 4. The van der Waals surface area contributed by atoms with E-state index in [1.54, 1.807) is 0 Å². The van der Waals surface area contributed by atoms with E-state index in [-0.39, 0.29) is 12.8 Å². The van der Waals surface area contributed by atoms with Crippen LogP contribution in [-0.2, 0) is 9.59 Å². The number of urea groups is 1. The minimum absolute atomic E-state index is 0.127. The average Bonchev–Trinajstić information content (AvgIpc) is 2.41. The molecule has 0 aromatic heterocycles. The Morgan fingerprint density at radius 3 is 2.40 bits per heavy atom. The van der Waals surface area contributed by atoms with E-state index in [4.69, 9.17) is 10.2 Å². The van der Waals surface area contributed by atoms with E-state index in [0.717, 1.165) is 24.3 Å². The third kappa shape index (κ3) is 6.65. The summed E-state index contributed by atoms with van der Waals surface area (Å²) in [6, 6.07) is -1.73. The van der Waals surface area contributed by atoms with Gasteiger partial charge >= 0.3 is 18.0 Å². The van der Waals surface area contributed by atoms with Crippen molar-refractivity contribution in [2.45, 2.75) is 31.7 Å². The highest BCUT2D eigenvalue weighted by Gasteiger charge is 2.21. The number of rotatable bonds is 7. The van der Waals surface area contributed by atoms with Crippen LogP contribution >= 0.6 is 11.8 Å². The molecule has 20 heavy (non-hydrogen) atoms. The molecule has 7 nitrogen and oxygen atoms in total. The van der Waals surface area contributed by atoms with Gasteiger partial charge in [0.2, 0.25) is 0 Å². The Hall–Kier alpha value is -1.44. The second-order valence-electron chi connectivity index (χ2n) is 4.73. The molecular formula is C12H20N2O5S. The van der Waals surface area contributed by atoms with Crippen molar-refractivity contribution >= 4 is 29.7 Å². The Labute approximate surface area is 121 Å². The second kappa shape index (κ2) is 8.68. The van der Waals surface area contributed by atoms with Gasteiger partial charge in [-0.05, 0) is 36.7 Å². The Kier molecular flexibility index (Phi) is 7.21. The molecule has 0 bridgehead atoms. The normalized spacial score (nSPS) is 17.2. The van der Waals surface area contributed by atoms with E-state index in [2.05, 4.69) is 10.6 Å². The highest BCUT2D eigenvalue weighted by Crippen LogP contribution is 2.21. The van der Waals surface area contributed by atoms with Gasteiger partial charge in [0.25, 0.3) is 0 Å². The zero-order valence-electron chi connectivity index (χ0n) is 11.1. The molecule has 0 aromatic carbocycles. The predicted molar refractivity (Wildman–Crippen MR) is 74.9 cm³/mol. The maximum absolute atomic E-state index is 11.6. The molecule has 8 heteroatoms. The van der Waals surface area contributed by atoms with Crippen LogP contribution < -0.4 is 10.6 Å². The maximum atomic E-state index is 11.6. The van der Waals surface area contributed by atoms with E-state index in [1.807, 2.05) is 11.8 Å². The van der Waals surface area contributed by atoms with E-state index in [1.165, 1.54) is 0 Å². The molecule has 0 spiro atoms. The van der Waals surface area contributed by atoms with Crippen molar-refractivity contribution in [2.24, 2.45) is 5.92 Å². The van der Waals surface area contributed by atoms with Crippen LogP contribution in [-0.4, -0.2) is 52.3 Å². The molecule has 1 aliphatic rings. The van der Waals surface area contributed by atoms with Gasteiger partial charge in [0.1, 0.15) is 6.04 Å². The van der Waals surface area contributed by atoms with Gasteiger partial charge in [-0.3, -0.25) is 4.79 Å². The van der Waals surface area contributed by atoms with Crippen LogP contribution in [0.4, 0.5) is 4.79 Å². The summed E-state index contributed by atoms with van der Waals surface area (Å²) < 4.78 is 0. The number of nitrogens with one attached hydrogen (secondary N) is 2. The summed E-state index contributed by atoms with van der Waals surface area (Å²) in [7, 11) is 0. The van der Waals surface area contributed by atoms with Gasteiger partial charge in [-0.1, -0.05) is 0 Å². The average molecular weight is 304 g/mol. The van der Waals surface area contributed by atoms with Gasteiger partial charge in [-0.2, -0.15) is 11.8 Å². The Bertz CT molecular complexity index is 358. The lowest BCUT2D eigenvalue weighted by atomic mass is 10.0. The van der Waals surface area contributed by atoms with E-state index in [0.29, 0.717) is 12.5 Å². The molecule has 4 N–H and O–H groups in total. The van der Waals surface area contributed by atoms with Crippen molar-refractivity contribution in [3.05, 3.63) is 0 Å². The van der Waals surface area contributed by atoms with E-state index < -0.39 is 24.0 Å². The first-order valence-corrected chi connectivity index (χ1v) is 7.71. The number of hydrogen-bond donors (Lipinski definition) is 4. The molecule has 0 aliphatic carbocycles. The van der Waals surface area contributed by atoms with Crippen LogP contribution in [0.15, 0.2) is 0 Å². The molecule has 1 heterocycles. The van der Waals surface area contributed by atoms with Crippen LogP contribution in [0, 0.1) is 5.92 Å². The van der Waals surface area contributed by atoms with Crippen molar-refractivity contribution < 1.29 is 24.6 Å². The Morgan fingerprint density at radius 1 is 1.20 bits per heavy atom. The standard InChI is InChI=1S/C12H20N2O5S/c15-10(16)2-1-9(11(17)18)14-12(19)13-7-8-3-5-20-6-4-8/h8-9H,1-7H2,(H,15,16)(H,17,18)(H2,13,14,19)/t9-/m0/s1. The Balaban J connectivity index is 2.29. The summed E-state index contributed by atoms with van der Waals surface area (Å²) in [6.45, 7) is 0.525. The molecule has 0 radical (unpaired) electrons. The van der Waals surface area contributed by atoms with Gasteiger partial charge in [0.15, 0.2) is 0 Å². The van der Waals surface area contributed by atoms with Crippen LogP contribution in [0.2, 0.25) is 0 Å². The van der Waals surface area contributed by atoms with Crippen molar-refractivity contribution in [3.63, 3.8) is 0 Å². The minimum atomic E-state index is -1.23. The van der Waals surface area contributed by atoms with Crippen molar-refractivity contribution in [1.82, 2.24) is 10.6 Å². The van der Waals surface area contributed by atoms with Gasteiger partial charge in [-0.25, -0.2) is 9.59 Å². The summed E-state index contributed by atoms with van der Waals surface area (Å²) in [6.07, 6.45) is 1.67. The minimum Gasteiger partial charge on any atom is -0.481 e. The summed E-state index contributed by atoms with van der Waals surface area (Å²) >= 11 is 1.90. The third-order valence-corrected chi connectivity index (χ3v) is 4.19. The van der Waals surface area contributed by atoms with Crippen LogP contribution in [0.25, 0.3) is 0 Å². The van der Waals surface area contributed by atoms with E-state index >= 15 is 0 Å². The highest BCUT2D eigenvalue weighted by atomic mass is 32.2. The smallest absolute Gasteiger partial charge is 0.326 e. The Morgan fingerprint density at radius 2 is 1.85 bits per heavy atom. The lowest BCUT2D eigenvalue weighted by Gasteiger charge is -2.22. The summed E-state index contributed by atoms with van der Waals surface area (Å²) in [5, 5.41) is 22.4. The summed E-state index contributed by atoms with van der Waals surface area (Å²) in [5.74, 6) is 0.298. The van der Waals surface area contributed by atoms with Gasteiger partial charge < -0.3 is 20.8 Å². The fourth-order valence-electron chi connectivity index (χ4n) is 1.92. The first kappa shape index (κ1) is 16.6. The van der Waals surface area contributed by atoms with E-state index in [9.17, 15) is 14.4 Å². The van der Waals surface area contributed by atoms with Crippen LogP contribution in [0.1, 0.15) is 25.7 Å². The zero-order chi connectivity index (χ0) is 15.0. The fourth-order valence-corrected chi connectivity index (χ4v) is 3.13. The monoisotopic (exact) mass is 304 g/mol. The maximum Gasteiger partial charge on any atom is 0.326 e. The molecule has 2 amide bonds. The third-order valence-electron chi connectivity index (χ3n) is 3.14. The number of amides is 2. The second-order valence-corrected chi connectivity index (χ2v) is 5.96. The molecule has 0 saturated carbocycles. The van der Waals surface area contributed by atoms with Gasteiger partial charge in [0, 0.05) is 13.0 Å². The summed E-state index contributed by atoms with van der Waals surface area (Å²) in [5.41, 5.74) is 0. The SMILES string of the molecule is O=C(O)CC[C@H](NC(=O)NCC1CCSCC1)C(=O)O. The summed E-state index contributed by atoms with van der Waals surface area (Å²) in [4.78, 5) is 32.9. The van der Waals surface area contributed by atoms with Crippen molar-refractivity contribution in [2.75, 3.05) is 18.1 Å². The predicted octanol–water partition coefficient (Wildman–Crippen LogP) is 0.747. The topological polar surface area (TPSA) is 116 Å². The molecule has 0 unspecified atom stereocenters. The lowest BCUT2D eigenvalue weighted by molar-refractivity contribution is -0.140. The number of aliphatic carboxylic acids is 2. The number of carbonyl (C=O) groups is 3. The molecule has 1 rings (SSSR count). The first-order chi connectivity index (χ1) is 9.49. The quantitative estimate of drug-likeness (QED) is 0.551. The molecule has 1 fully saturated rings. The molecular weight excluding hydrogens is 284 g/mol. The molecule has 1 saturated heterocycles. The first-order valence-electron chi connectivity index (χ1n) is 6.55. The van der Waals surface area contributed by atoms with Gasteiger partial charge in [0.05, 0.1) is 0 Å². The van der Waals surface area contributed by atoms with Crippen molar-refractivity contribution in [1.29, 1.82) is 0 Å². The molecule has 0 aromatic rings. The fraction of sp³-hybridized carbons (Fsp3) is 0.750. The molecule has 1 aliphatic heterocycles. The van der Waals surface area contributed by atoms with Crippen LogP contribution in [0.3, 0.4) is 0 Å².